The second kappa shape index (κ2) is 15.2. The third kappa shape index (κ3) is 6.79. The number of fused-ring (bicyclic) bond motifs is 7. The fraction of sp³-hybridized carbons (Fsp3) is 0.720. The number of allylic oxidation sites excluding steroid dienone is 1. The molecule has 5 saturated carbocycles. The largest absolute Gasteiger partial charge is 0.460 e. The van der Waals surface area contributed by atoms with Crippen LogP contribution in [0.5, 0.6) is 0 Å². The van der Waals surface area contributed by atoms with Crippen molar-refractivity contribution >= 4 is 23.3 Å². The molecule has 0 amide bonds. The van der Waals surface area contributed by atoms with Crippen LogP contribution >= 0.6 is 0 Å². The average molecular weight is 797 g/mol. The summed E-state index contributed by atoms with van der Waals surface area (Å²) < 4.78 is 16.9. The second-order valence-corrected chi connectivity index (χ2v) is 21.6. The van der Waals surface area contributed by atoms with Crippen molar-refractivity contribution in [3.63, 3.8) is 0 Å². The molecule has 8 nitrogen and oxygen atoms in total. The molecule has 0 aromatic carbocycles. The molecule has 0 radical (unpaired) electrons. The first kappa shape index (κ1) is 42.7. The molecule has 0 aliphatic heterocycles. The van der Waals surface area contributed by atoms with Gasteiger partial charge < -0.3 is 19.3 Å². The van der Waals surface area contributed by atoms with Gasteiger partial charge in [0, 0.05) is 88.5 Å². The molecule has 5 fully saturated rings. The number of rotatable bonds is 10. The molecular formula is C50H76N4O4+2. The van der Waals surface area contributed by atoms with Gasteiger partial charge in [-0.15, -0.1) is 0 Å². The molecule has 12 atom stereocenters. The van der Waals surface area contributed by atoms with Crippen molar-refractivity contribution in [1.29, 1.82) is 0 Å². The van der Waals surface area contributed by atoms with Crippen LogP contribution < -0.4 is 18.9 Å². The Labute approximate surface area is 350 Å². The van der Waals surface area contributed by atoms with E-state index in [-0.39, 0.29) is 57.2 Å². The van der Waals surface area contributed by atoms with Crippen LogP contribution in [0.1, 0.15) is 132 Å². The highest BCUT2D eigenvalue weighted by atomic mass is 16.5. The monoisotopic (exact) mass is 797 g/mol. The highest BCUT2D eigenvalue weighted by molar-refractivity contribution is 5.72. The van der Waals surface area contributed by atoms with E-state index in [1.54, 1.807) is 0 Å². The van der Waals surface area contributed by atoms with E-state index in [9.17, 15) is 9.59 Å². The molecule has 2 aromatic heterocycles. The molecule has 5 aliphatic carbocycles. The van der Waals surface area contributed by atoms with Gasteiger partial charge in [0.2, 0.25) is 0 Å². The van der Waals surface area contributed by atoms with E-state index in [2.05, 4.69) is 70.1 Å². The predicted molar refractivity (Wildman–Crippen MR) is 231 cm³/mol. The lowest BCUT2D eigenvalue weighted by atomic mass is 9.32. The summed E-state index contributed by atoms with van der Waals surface area (Å²) in [4.78, 5) is 31.6. The number of aromatic nitrogens is 2. The molecule has 0 N–H and O–H groups in total. The normalized spacial score (nSPS) is 37.2. The van der Waals surface area contributed by atoms with Crippen LogP contribution in [0.3, 0.4) is 0 Å². The number of hydrogen-bond donors (Lipinski definition) is 0. The minimum absolute atomic E-state index is 0.000656. The molecule has 2 heterocycles. The summed E-state index contributed by atoms with van der Waals surface area (Å²) in [7, 11) is 8.11. The SMILES string of the molecule is C=C(C)[C@@H]1CC[C@]2(COC(=O)C(C)[n+]3ccc(N(C)C)cc3)CC[C@]3(C)C(CCC4[C@@]5(C)CC[C@H](OC(=O)C(C)[n+]6ccc(N(C)C)cc6)C(C)(C)C5CC[C@]43C)C12. The molecule has 58 heavy (non-hydrogen) atoms. The zero-order chi connectivity index (χ0) is 42.2. The van der Waals surface area contributed by atoms with Crippen LogP contribution in [0, 0.1) is 56.7 Å². The van der Waals surface area contributed by atoms with Crippen molar-refractivity contribution < 1.29 is 28.2 Å². The lowest BCUT2D eigenvalue weighted by Crippen LogP contribution is -2.67. The Morgan fingerprint density at radius 1 is 0.724 bits per heavy atom. The molecular weight excluding hydrogens is 721 g/mol. The predicted octanol–water partition coefficient (Wildman–Crippen LogP) is 9.33. The van der Waals surface area contributed by atoms with Gasteiger partial charge in [-0.1, -0.05) is 46.8 Å². The van der Waals surface area contributed by atoms with Gasteiger partial charge in [0.05, 0.1) is 6.61 Å². The Bertz CT molecular complexity index is 1860. The van der Waals surface area contributed by atoms with Gasteiger partial charge in [0.25, 0.3) is 12.1 Å². The number of esters is 2. The van der Waals surface area contributed by atoms with Crippen LogP contribution in [-0.2, 0) is 19.1 Å². The fourth-order valence-corrected chi connectivity index (χ4v) is 14.5. The molecule has 7 rings (SSSR count). The molecule has 0 bridgehead atoms. The maximum absolute atomic E-state index is 13.8. The number of hydrogen-bond acceptors (Lipinski definition) is 6. The summed E-state index contributed by atoms with van der Waals surface area (Å²) in [5.74, 6) is 2.36. The molecule has 2 aromatic rings. The Morgan fingerprint density at radius 2 is 1.29 bits per heavy atom. The van der Waals surface area contributed by atoms with E-state index in [1.807, 2.05) is 88.1 Å². The number of pyridine rings is 2. The third-order valence-corrected chi connectivity index (χ3v) is 18.2. The second-order valence-electron chi connectivity index (χ2n) is 21.6. The van der Waals surface area contributed by atoms with Gasteiger partial charge in [0.15, 0.2) is 24.8 Å². The number of carbonyl (C=O) groups is 2. The average Bonchev–Trinajstić information content (AvgIpc) is 3.58. The van der Waals surface area contributed by atoms with Gasteiger partial charge in [-0.05, 0) is 117 Å². The van der Waals surface area contributed by atoms with Crippen molar-refractivity contribution in [2.75, 3.05) is 44.6 Å². The standard InChI is InChI=1S/C50H76N4O4/c1-33(2)38-16-25-50(32-57-44(55)34(3)53-28-19-36(20-29-53)51(10)11)27-26-48(8)39(43(38)50)14-15-41-47(7)23-18-42(46(5,6)40(47)17-24-49(41,48)9)58-45(56)35(4)54-30-21-37(22-31-54)52(12)13/h19-22,28-31,34-35,38-43H,1,14-18,23-27,32H2,2-13H3/q+2/t34?,35?,38-,39?,40?,41?,42-,43?,47-,48+,49+,50+/m0/s1. The minimum Gasteiger partial charge on any atom is -0.460 e. The van der Waals surface area contributed by atoms with E-state index in [0.717, 1.165) is 43.5 Å². The smallest absolute Gasteiger partial charge is 0.375 e. The molecule has 5 aliphatic rings. The zero-order valence-corrected chi connectivity index (χ0v) is 38.1. The van der Waals surface area contributed by atoms with Crippen molar-refractivity contribution in [2.45, 2.75) is 138 Å². The molecule has 0 spiro atoms. The van der Waals surface area contributed by atoms with Gasteiger partial charge in [0.1, 0.15) is 6.10 Å². The summed E-state index contributed by atoms with van der Waals surface area (Å²) in [6, 6.07) is 7.44. The van der Waals surface area contributed by atoms with Gasteiger partial charge in [-0.25, -0.2) is 9.59 Å². The molecule has 6 unspecified atom stereocenters. The highest BCUT2D eigenvalue weighted by Crippen LogP contribution is 2.77. The zero-order valence-electron chi connectivity index (χ0n) is 38.1. The molecule has 8 heteroatoms. The quantitative estimate of drug-likeness (QED) is 0.136. The van der Waals surface area contributed by atoms with E-state index in [4.69, 9.17) is 9.47 Å². The first-order valence-electron chi connectivity index (χ1n) is 22.6. The lowest BCUT2D eigenvalue weighted by molar-refractivity contribution is -0.707. The summed E-state index contributed by atoms with van der Waals surface area (Å²) in [5, 5.41) is 0. The van der Waals surface area contributed by atoms with Gasteiger partial charge in [-0.3, -0.25) is 0 Å². The van der Waals surface area contributed by atoms with Crippen LogP contribution in [0.4, 0.5) is 11.4 Å². The van der Waals surface area contributed by atoms with E-state index in [0.29, 0.717) is 36.2 Å². The summed E-state index contributed by atoms with van der Waals surface area (Å²) in [5.41, 5.74) is 3.99. The van der Waals surface area contributed by atoms with E-state index in [1.165, 1.54) is 37.7 Å². The lowest BCUT2D eigenvalue weighted by Gasteiger charge is -2.73. The topological polar surface area (TPSA) is 66.8 Å². The third-order valence-electron chi connectivity index (χ3n) is 18.2. The fourth-order valence-electron chi connectivity index (χ4n) is 14.5. The summed E-state index contributed by atoms with van der Waals surface area (Å²) in [6.45, 7) is 24.1. The Kier molecular flexibility index (Phi) is 11.2. The number of carbonyl (C=O) groups excluding carboxylic acids is 2. The Balaban J connectivity index is 1.08. The Hall–Kier alpha value is -3.42. The van der Waals surface area contributed by atoms with Gasteiger partial charge >= 0.3 is 11.9 Å². The van der Waals surface area contributed by atoms with E-state index < -0.39 is 0 Å². The maximum Gasteiger partial charge on any atom is 0.375 e. The highest BCUT2D eigenvalue weighted by Gasteiger charge is 2.71. The van der Waals surface area contributed by atoms with Crippen LogP contribution in [0.2, 0.25) is 0 Å². The van der Waals surface area contributed by atoms with Crippen molar-refractivity contribution in [2.24, 2.45) is 56.7 Å². The van der Waals surface area contributed by atoms with Crippen molar-refractivity contribution in [1.82, 2.24) is 0 Å². The minimum atomic E-state index is -0.381. The van der Waals surface area contributed by atoms with Crippen molar-refractivity contribution in [3.8, 4) is 0 Å². The van der Waals surface area contributed by atoms with Crippen LogP contribution in [0.15, 0.2) is 61.2 Å². The van der Waals surface area contributed by atoms with Gasteiger partial charge in [-0.2, -0.15) is 9.13 Å². The maximum atomic E-state index is 13.8. The van der Waals surface area contributed by atoms with E-state index >= 15 is 0 Å². The van der Waals surface area contributed by atoms with Crippen LogP contribution in [-0.4, -0.2) is 52.8 Å². The summed E-state index contributed by atoms with van der Waals surface area (Å²) >= 11 is 0. The molecule has 0 saturated heterocycles. The number of ether oxygens (including phenoxy) is 2. The number of nitrogens with zero attached hydrogens (tertiary/aromatic N) is 4. The first-order chi connectivity index (χ1) is 27.2. The molecule has 318 valence electrons. The number of anilines is 2. The van der Waals surface area contributed by atoms with Crippen molar-refractivity contribution in [3.05, 3.63) is 61.2 Å². The summed E-state index contributed by atoms with van der Waals surface area (Å²) in [6.07, 6.45) is 19.3. The first-order valence-corrected chi connectivity index (χ1v) is 22.6. The Morgan fingerprint density at radius 3 is 1.84 bits per heavy atom. The van der Waals surface area contributed by atoms with Crippen LogP contribution in [0.25, 0.3) is 0 Å².